The van der Waals surface area contributed by atoms with Gasteiger partial charge in [-0.15, -0.1) is 0 Å². The smallest absolute Gasteiger partial charge is 0.326 e. The van der Waals surface area contributed by atoms with Crippen molar-refractivity contribution in [2.75, 3.05) is 6.61 Å². The molecule has 0 aromatic rings. The summed E-state index contributed by atoms with van der Waals surface area (Å²) in [5.41, 5.74) is 10.8. The van der Waals surface area contributed by atoms with Crippen molar-refractivity contribution in [1.29, 1.82) is 0 Å². The van der Waals surface area contributed by atoms with E-state index < -0.39 is 85.6 Å². The second kappa shape index (κ2) is 13.9. The van der Waals surface area contributed by atoms with Gasteiger partial charge >= 0.3 is 11.9 Å². The lowest BCUT2D eigenvalue weighted by atomic mass is 10.0. The van der Waals surface area contributed by atoms with Gasteiger partial charge in [0.25, 0.3) is 0 Å². The highest BCUT2D eigenvalue weighted by atomic mass is 16.4. The lowest BCUT2D eigenvalue weighted by Crippen LogP contribution is -2.58. The standard InChI is InChI=1S/C18H31N5O9/c1-8(2)5-9(19)15(28)22-11(6-13(20)25)16(29)23-12(7-24)17(30)21-10(18(31)32)3-4-14(26)27/h8-12,24H,3-7,19H2,1-2H3,(H2,20,25)(H,21,30)(H,22,28)(H,23,29)(H,26,27)(H,31,32). The molecule has 0 bridgehead atoms. The topological polar surface area (TPSA) is 251 Å². The van der Waals surface area contributed by atoms with Crippen molar-refractivity contribution in [3.05, 3.63) is 0 Å². The number of aliphatic hydroxyl groups is 1. The number of primary amides is 1. The van der Waals surface area contributed by atoms with Crippen LogP contribution >= 0.6 is 0 Å². The van der Waals surface area contributed by atoms with Crippen molar-refractivity contribution < 1.29 is 44.1 Å². The van der Waals surface area contributed by atoms with Crippen LogP contribution < -0.4 is 27.4 Å². The number of hydrogen-bond donors (Lipinski definition) is 8. The number of amides is 4. The molecule has 14 heteroatoms. The second-order valence-electron chi connectivity index (χ2n) is 7.54. The van der Waals surface area contributed by atoms with E-state index in [4.69, 9.17) is 21.7 Å². The third-order valence-electron chi connectivity index (χ3n) is 4.18. The van der Waals surface area contributed by atoms with E-state index in [0.717, 1.165) is 0 Å². The average Bonchev–Trinajstić information content (AvgIpc) is 2.66. The van der Waals surface area contributed by atoms with Gasteiger partial charge in [-0.1, -0.05) is 13.8 Å². The summed E-state index contributed by atoms with van der Waals surface area (Å²) >= 11 is 0. The summed E-state index contributed by atoms with van der Waals surface area (Å²) in [4.78, 5) is 70.1. The van der Waals surface area contributed by atoms with Gasteiger partial charge in [0, 0.05) is 6.42 Å². The van der Waals surface area contributed by atoms with Crippen LogP contribution in [0.15, 0.2) is 0 Å². The SMILES string of the molecule is CC(C)CC(N)C(=O)NC(CC(N)=O)C(=O)NC(CO)C(=O)NC(CCC(=O)O)C(=O)O. The van der Waals surface area contributed by atoms with Crippen LogP contribution in [0.1, 0.15) is 39.5 Å². The minimum absolute atomic E-state index is 0.0740. The van der Waals surface area contributed by atoms with E-state index in [9.17, 15) is 33.9 Å². The first-order valence-electron chi connectivity index (χ1n) is 9.78. The largest absolute Gasteiger partial charge is 0.481 e. The zero-order chi connectivity index (χ0) is 25.0. The number of nitrogens with one attached hydrogen (secondary N) is 3. The average molecular weight is 461 g/mol. The highest BCUT2D eigenvalue weighted by molar-refractivity contribution is 5.96. The minimum atomic E-state index is -1.65. The van der Waals surface area contributed by atoms with E-state index in [1.807, 2.05) is 19.2 Å². The number of carbonyl (C=O) groups excluding carboxylic acids is 4. The Morgan fingerprint density at radius 2 is 1.34 bits per heavy atom. The molecule has 14 nitrogen and oxygen atoms in total. The molecule has 0 radical (unpaired) electrons. The van der Waals surface area contributed by atoms with Gasteiger partial charge in [0.15, 0.2) is 0 Å². The molecule has 10 N–H and O–H groups in total. The number of rotatable bonds is 15. The van der Waals surface area contributed by atoms with Gasteiger partial charge in [-0.05, 0) is 18.8 Å². The highest BCUT2D eigenvalue weighted by Gasteiger charge is 2.31. The van der Waals surface area contributed by atoms with E-state index in [-0.39, 0.29) is 5.92 Å². The van der Waals surface area contributed by atoms with Gasteiger partial charge in [-0.2, -0.15) is 0 Å². The summed E-state index contributed by atoms with van der Waals surface area (Å²) in [7, 11) is 0. The Morgan fingerprint density at radius 1 is 0.844 bits per heavy atom. The Balaban J connectivity index is 5.25. The number of aliphatic carboxylic acids is 2. The van der Waals surface area contributed by atoms with E-state index in [2.05, 4.69) is 10.6 Å². The van der Waals surface area contributed by atoms with Crippen molar-refractivity contribution in [3.8, 4) is 0 Å². The summed E-state index contributed by atoms with van der Waals surface area (Å²) in [5, 5.41) is 33.6. The Morgan fingerprint density at radius 3 is 1.78 bits per heavy atom. The molecule has 0 spiro atoms. The lowest BCUT2D eigenvalue weighted by Gasteiger charge is -2.24. The fourth-order valence-corrected chi connectivity index (χ4v) is 2.57. The van der Waals surface area contributed by atoms with Crippen LogP contribution in [0.3, 0.4) is 0 Å². The molecule has 0 saturated carbocycles. The molecule has 0 aliphatic heterocycles. The molecule has 0 aromatic carbocycles. The van der Waals surface area contributed by atoms with Crippen LogP contribution in [-0.2, 0) is 28.8 Å². The van der Waals surface area contributed by atoms with Crippen molar-refractivity contribution >= 4 is 35.6 Å². The molecule has 4 unspecified atom stereocenters. The van der Waals surface area contributed by atoms with Crippen molar-refractivity contribution in [3.63, 3.8) is 0 Å². The van der Waals surface area contributed by atoms with Gasteiger partial charge in [0.2, 0.25) is 23.6 Å². The molecule has 32 heavy (non-hydrogen) atoms. The maximum absolute atomic E-state index is 12.5. The molecular weight excluding hydrogens is 430 g/mol. The zero-order valence-electron chi connectivity index (χ0n) is 17.9. The van der Waals surface area contributed by atoms with Crippen LogP contribution in [-0.4, -0.2) is 81.7 Å². The predicted octanol–water partition coefficient (Wildman–Crippen LogP) is -3.37. The van der Waals surface area contributed by atoms with Gasteiger partial charge in [-0.3, -0.25) is 24.0 Å². The van der Waals surface area contributed by atoms with Gasteiger partial charge < -0.3 is 42.7 Å². The lowest BCUT2D eigenvalue weighted by molar-refractivity contribution is -0.143. The molecule has 0 aromatic heterocycles. The van der Waals surface area contributed by atoms with E-state index >= 15 is 0 Å². The first-order valence-corrected chi connectivity index (χ1v) is 9.78. The molecular formula is C18H31N5O9. The fraction of sp³-hybridized carbons (Fsp3) is 0.667. The number of carboxylic acid groups (broad SMARTS) is 2. The van der Waals surface area contributed by atoms with Crippen molar-refractivity contribution in [2.24, 2.45) is 17.4 Å². The molecule has 4 atom stereocenters. The summed E-state index contributed by atoms with van der Waals surface area (Å²) in [6.07, 6.45) is -1.30. The van der Waals surface area contributed by atoms with Crippen molar-refractivity contribution in [2.45, 2.75) is 63.7 Å². The molecule has 4 amide bonds. The van der Waals surface area contributed by atoms with Crippen LogP contribution in [0.5, 0.6) is 0 Å². The van der Waals surface area contributed by atoms with Gasteiger partial charge in [0.1, 0.15) is 18.1 Å². The zero-order valence-corrected chi connectivity index (χ0v) is 17.9. The Hall–Kier alpha value is -3.26. The van der Waals surface area contributed by atoms with Crippen LogP contribution in [0.2, 0.25) is 0 Å². The summed E-state index contributed by atoms with van der Waals surface area (Å²) < 4.78 is 0. The normalized spacial score (nSPS) is 14.5. The predicted molar refractivity (Wildman–Crippen MR) is 109 cm³/mol. The monoisotopic (exact) mass is 461 g/mol. The summed E-state index contributed by atoms with van der Waals surface area (Å²) in [6, 6.07) is -5.70. The fourth-order valence-electron chi connectivity index (χ4n) is 2.57. The van der Waals surface area contributed by atoms with Crippen LogP contribution in [0.4, 0.5) is 0 Å². The third-order valence-corrected chi connectivity index (χ3v) is 4.18. The first-order chi connectivity index (χ1) is 14.8. The number of carboxylic acids is 2. The molecule has 0 saturated heterocycles. The third kappa shape index (κ3) is 11.2. The number of nitrogens with two attached hydrogens (primary N) is 2. The Kier molecular flexibility index (Phi) is 12.5. The first kappa shape index (κ1) is 28.7. The second-order valence-corrected chi connectivity index (χ2v) is 7.54. The van der Waals surface area contributed by atoms with Gasteiger partial charge in [0.05, 0.1) is 19.1 Å². The Bertz CT molecular complexity index is 713. The quantitative estimate of drug-likeness (QED) is 0.120. The molecule has 0 rings (SSSR count). The van der Waals surface area contributed by atoms with Crippen molar-refractivity contribution in [1.82, 2.24) is 16.0 Å². The van der Waals surface area contributed by atoms with Crippen LogP contribution in [0, 0.1) is 5.92 Å². The Labute approximate surface area is 184 Å². The maximum atomic E-state index is 12.5. The van der Waals surface area contributed by atoms with E-state index in [1.54, 1.807) is 0 Å². The minimum Gasteiger partial charge on any atom is -0.481 e. The van der Waals surface area contributed by atoms with E-state index in [0.29, 0.717) is 6.42 Å². The molecule has 0 aliphatic rings. The summed E-state index contributed by atoms with van der Waals surface area (Å²) in [5.74, 6) is -6.54. The summed E-state index contributed by atoms with van der Waals surface area (Å²) in [6.45, 7) is 2.70. The number of hydrogen-bond acceptors (Lipinski definition) is 8. The molecule has 0 fully saturated rings. The number of aliphatic hydroxyl groups excluding tert-OH is 1. The molecule has 182 valence electrons. The molecule has 0 aliphatic carbocycles. The van der Waals surface area contributed by atoms with Crippen LogP contribution in [0.25, 0.3) is 0 Å². The van der Waals surface area contributed by atoms with Gasteiger partial charge in [-0.25, -0.2) is 4.79 Å². The van der Waals surface area contributed by atoms with E-state index in [1.165, 1.54) is 0 Å². The highest BCUT2D eigenvalue weighted by Crippen LogP contribution is 2.04. The maximum Gasteiger partial charge on any atom is 0.326 e. The number of carbonyl (C=O) groups is 6. The molecule has 0 heterocycles.